The fraction of sp³-hybridized carbons (Fsp3) is 0.500. The number of rotatable bonds is 6. The molecule has 4 nitrogen and oxygen atoms in total. The van der Waals surface area contributed by atoms with Crippen molar-refractivity contribution < 1.29 is 13.6 Å². The average Bonchev–Trinajstić information content (AvgIpc) is 2.41. The molecule has 0 radical (unpaired) electrons. The lowest BCUT2D eigenvalue weighted by Crippen LogP contribution is -2.42. The van der Waals surface area contributed by atoms with E-state index in [4.69, 9.17) is 5.73 Å². The molecule has 1 unspecified atom stereocenters. The van der Waals surface area contributed by atoms with Gasteiger partial charge in [-0.2, -0.15) is 0 Å². The van der Waals surface area contributed by atoms with Crippen molar-refractivity contribution in [1.29, 1.82) is 0 Å². The molecule has 1 amide bonds. The molecule has 0 aliphatic carbocycles. The Bertz CT molecular complexity index is 452. The van der Waals surface area contributed by atoms with Gasteiger partial charge in [-0.3, -0.25) is 4.79 Å². The largest absolute Gasteiger partial charge is 0.394 e. The minimum atomic E-state index is -0.924. The maximum absolute atomic E-state index is 13.3. The lowest BCUT2D eigenvalue weighted by molar-refractivity contribution is 0.0929. The van der Waals surface area contributed by atoms with Crippen LogP contribution in [0.4, 0.5) is 14.5 Å². The molecular weight excluding hydrogens is 264 g/mol. The zero-order valence-electron chi connectivity index (χ0n) is 12.0. The number of amides is 1. The molecule has 0 saturated carbocycles. The van der Waals surface area contributed by atoms with Crippen molar-refractivity contribution in [2.75, 3.05) is 25.4 Å². The fourth-order valence-corrected chi connectivity index (χ4v) is 1.94. The van der Waals surface area contributed by atoms with E-state index in [1.54, 1.807) is 0 Å². The first-order chi connectivity index (χ1) is 9.38. The van der Waals surface area contributed by atoms with Gasteiger partial charge in [0.25, 0.3) is 5.91 Å². The van der Waals surface area contributed by atoms with Crippen LogP contribution < -0.4 is 11.1 Å². The number of anilines is 1. The fourth-order valence-electron chi connectivity index (χ4n) is 1.94. The molecule has 112 valence electrons. The minimum Gasteiger partial charge on any atom is -0.394 e. The molecule has 1 atom stereocenters. The van der Waals surface area contributed by atoms with Crippen molar-refractivity contribution in [3.8, 4) is 0 Å². The van der Waals surface area contributed by atoms with E-state index in [2.05, 4.69) is 10.2 Å². The molecule has 0 spiro atoms. The van der Waals surface area contributed by atoms with Gasteiger partial charge in [0.2, 0.25) is 0 Å². The topological polar surface area (TPSA) is 58.4 Å². The van der Waals surface area contributed by atoms with Crippen molar-refractivity contribution in [3.05, 3.63) is 29.3 Å². The van der Waals surface area contributed by atoms with Gasteiger partial charge in [-0.15, -0.1) is 0 Å². The van der Waals surface area contributed by atoms with Crippen LogP contribution in [0.25, 0.3) is 0 Å². The molecule has 0 saturated heterocycles. The number of nitrogen functional groups attached to an aromatic ring is 1. The Hall–Kier alpha value is -1.69. The van der Waals surface area contributed by atoms with Crippen LogP contribution >= 0.6 is 0 Å². The molecule has 0 aliphatic heterocycles. The van der Waals surface area contributed by atoms with E-state index < -0.39 is 23.2 Å². The van der Waals surface area contributed by atoms with E-state index in [0.29, 0.717) is 6.54 Å². The van der Waals surface area contributed by atoms with E-state index in [9.17, 15) is 13.6 Å². The Morgan fingerprint density at radius 2 is 1.80 bits per heavy atom. The van der Waals surface area contributed by atoms with Crippen molar-refractivity contribution >= 4 is 11.6 Å². The second kappa shape index (κ2) is 7.19. The standard InChI is InChI=1S/C14H21F2N3O/c1-4-19(5-2)8-9(3)18-14(20)10-6-11(15)13(17)12(16)7-10/h6-7,9H,4-5,8,17H2,1-3H3,(H,18,20). The zero-order valence-corrected chi connectivity index (χ0v) is 12.0. The first-order valence-electron chi connectivity index (χ1n) is 6.66. The number of benzene rings is 1. The normalized spacial score (nSPS) is 12.5. The van der Waals surface area contributed by atoms with E-state index in [0.717, 1.165) is 25.2 Å². The van der Waals surface area contributed by atoms with Crippen LogP contribution in [0.1, 0.15) is 31.1 Å². The second-order valence-corrected chi connectivity index (χ2v) is 4.71. The lowest BCUT2D eigenvalue weighted by Gasteiger charge is -2.23. The summed E-state index contributed by atoms with van der Waals surface area (Å²) in [6, 6.07) is 1.77. The van der Waals surface area contributed by atoms with E-state index >= 15 is 0 Å². The molecule has 1 aromatic carbocycles. The van der Waals surface area contributed by atoms with Crippen molar-refractivity contribution in [1.82, 2.24) is 10.2 Å². The highest BCUT2D eigenvalue weighted by Crippen LogP contribution is 2.17. The lowest BCUT2D eigenvalue weighted by atomic mass is 10.1. The van der Waals surface area contributed by atoms with Crippen molar-refractivity contribution in [2.45, 2.75) is 26.8 Å². The summed E-state index contributed by atoms with van der Waals surface area (Å²) in [5.74, 6) is -2.36. The van der Waals surface area contributed by atoms with Crippen LogP contribution in [0.5, 0.6) is 0 Å². The van der Waals surface area contributed by atoms with Gasteiger partial charge in [-0.05, 0) is 32.1 Å². The third-order valence-corrected chi connectivity index (χ3v) is 3.15. The quantitative estimate of drug-likeness (QED) is 0.786. The predicted octanol–water partition coefficient (Wildman–Crippen LogP) is 2.01. The number of carbonyl (C=O) groups excluding carboxylic acids is 1. The summed E-state index contributed by atoms with van der Waals surface area (Å²) in [6.07, 6.45) is 0. The summed E-state index contributed by atoms with van der Waals surface area (Å²) in [6.45, 7) is 8.34. The Morgan fingerprint density at radius 1 is 1.30 bits per heavy atom. The van der Waals surface area contributed by atoms with Gasteiger partial charge in [0.15, 0.2) is 0 Å². The summed E-state index contributed by atoms with van der Waals surface area (Å²) in [5, 5.41) is 2.71. The van der Waals surface area contributed by atoms with Crippen LogP contribution in [0.15, 0.2) is 12.1 Å². The Kier molecular flexibility index (Phi) is 5.88. The molecule has 3 N–H and O–H groups in total. The van der Waals surface area contributed by atoms with Gasteiger partial charge in [0, 0.05) is 18.2 Å². The summed E-state index contributed by atoms with van der Waals surface area (Å²) in [5.41, 5.74) is 4.53. The van der Waals surface area contributed by atoms with Gasteiger partial charge < -0.3 is 16.0 Å². The number of hydrogen-bond acceptors (Lipinski definition) is 3. The third-order valence-electron chi connectivity index (χ3n) is 3.15. The predicted molar refractivity (Wildman–Crippen MR) is 75.5 cm³/mol. The minimum absolute atomic E-state index is 0.0689. The zero-order chi connectivity index (χ0) is 15.3. The SMILES string of the molecule is CCN(CC)CC(C)NC(=O)c1cc(F)c(N)c(F)c1. The number of nitrogens with two attached hydrogens (primary N) is 1. The smallest absolute Gasteiger partial charge is 0.251 e. The van der Waals surface area contributed by atoms with Gasteiger partial charge in [0.1, 0.15) is 17.3 Å². The maximum atomic E-state index is 13.3. The molecule has 0 heterocycles. The molecule has 0 aliphatic rings. The monoisotopic (exact) mass is 285 g/mol. The first-order valence-corrected chi connectivity index (χ1v) is 6.66. The van der Waals surface area contributed by atoms with Crippen molar-refractivity contribution in [2.24, 2.45) is 0 Å². The maximum Gasteiger partial charge on any atom is 0.251 e. The average molecular weight is 285 g/mol. The van der Waals surface area contributed by atoms with Crippen molar-refractivity contribution in [3.63, 3.8) is 0 Å². The summed E-state index contributed by atoms with van der Waals surface area (Å²) >= 11 is 0. The molecule has 1 rings (SSSR count). The molecule has 0 aromatic heterocycles. The Balaban J connectivity index is 2.71. The first kappa shape index (κ1) is 16.4. The van der Waals surface area contributed by atoms with Crippen LogP contribution in [-0.4, -0.2) is 36.5 Å². The number of nitrogens with zero attached hydrogens (tertiary/aromatic N) is 1. The Labute approximate surface area is 117 Å². The number of hydrogen-bond donors (Lipinski definition) is 2. The van der Waals surface area contributed by atoms with Gasteiger partial charge >= 0.3 is 0 Å². The highest BCUT2D eigenvalue weighted by molar-refractivity contribution is 5.94. The number of carbonyl (C=O) groups is 1. The summed E-state index contributed by atoms with van der Waals surface area (Å²) in [7, 11) is 0. The molecular formula is C14H21F2N3O. The number of nitrogens with one attached hydrogen (secondary N) is 1. The van der Waals surface area contributed by atoms with Crippen LogP contribution in [-0.2, 0) is 0 Å². The van der Waals surface area contributed by atoms with Crippen LogP contribution in [0.3, 0.4) is 0 Å². The summed E-state index contributed by atoms with van der Waals surface area (Å²) < 4.78 is 26.6. The highest BCUT2D eigenvalue weighted by Gasteiger charge is 2.15. The second-order valence-electron chi connectivity index (χ2n) is 4.71. The molecule has 20 heavy (non-hydrogen) atoms. The Morgan fingerprint density at radius 3 is 2.25 bits per heavy atom. The van der Waals surface area contributed by atoms with E-state index in [1.165, 1.54) is 0 Å². The van der Waals surface area contributed by atoms with Gasteiger partial charge in [-0.25, -0.2) is 8.78 Å². The molecule has 1 aromatic rings. The number of halogens is 2. The molecule has 0 bridgehead atoms. The molecule has 0 fully saturated rings. The van der Waals surface area contributed by atoms with E-state index in [1.807, 2.05) is 20.8 Å². The third kappa shape index (κ3) is 4.16. The summed E-state index contributed by atoms with van der Waals surface area (Å²) in [4.78, 5) is 14.1. The van der Waals surface area contributed by atoms with Crippen LogP contribution in [0, 0.1) is 11.6 Å². The van der Waals surface area contributed by atoms with E-state index in [-0.39, 0.29) is 11.6 Å². The van der Waals surface area contributed by atoms with Crippen LogP contribution in [0.2, 0.25) is 0 Å². The number of likely N-dealkylation sites (N-methyl/N-ethyl adjacent to an activating group) is 1. The van der Waals surface area contributed by atoms with Gasteiger partial charge in [0.05, 0.1) is 0 Å². The molecule has 6 heteroatoms. The highest BCUT2D eigenvalue weighted by atomic mass is 19.1. The van der Waals surface area contributed by atoms with Gasteiger partial charge in [-0.1, -0.05) is 13.8 Å².